The second kappa shape index (κ2) is 14.3. The van der Waals surface area contributed by atoms with E-state index >= 15 is 0 Å². The minimum Gasteiger partial charge on any atom is -0.493 e. The molecule has 1 saturated heterocycles. The number of nitrogens with one attached hydrogen (secondary N) is 2. The van der Waals surface area contributed by atoms with Gasteiger partial charge in [-0.25, -0.2) is 0 Å². The van der Waals surface area contributed by atoms with E-state index in [0.29, 0.717) is 11.8 Å². The van der Waals surface area contributed by atoms with Crippen molar-refractivity contribution in [3.8, 4) is 11.5 Å². The lowest BCUT2D eigenvalue weighted by Crippen LogP contribution is -2.41. The maximum atomic E-state index is 5.49. The first kappa shape index (κ1) is 26.3. The molecule has 1 aromatic carbocycles. The van der Waals surface area contributed by atoms with E-state index < -0.39 is 0 Å². The summed E-state index contributed by atoms with van der Waals surface area (Å²) >= 11 is 0. The molecule has 1 aliphatic heterocycles. The summed E-state index contributed by atoms with van der Waals surface area (Å²) in [4.78, 5) is 4.84. The zero-order valence-electron chi connectivity index (χ0n) is 19.3. The maximum Gasteiger partial charge on any atom is 0.191 e. The van der Waals surface area contributed by atoms with E-state index in [-0.39, 0.29) is 24.0 Å². The molecule has 32 heavy (non-hydrogen) atoms. The molecule has 2 aromatic rings. The average Bonchev–Trinajstić information content (AvgIpc) is 3.49. The Morgan fingerprint density at radius 1 is 1.19 bits per heavy atom. The Bertz CT molecular complexity index is 808. The van der Waals surface area contributed by atoms with Crippen molar-refractivity contribution >= 4 is 29.9 Å². The molecular weight excluding hydrogens is 521 g/mol. The fraction of sp³-hybridized carbons (Fsp3) is 0.542. The highest BCUT2D eigenvalue weighted by Crippen LogP contribution is 2.28. The number of guanidine groups is 1. The minimum absolute atomic E-state index is 0. The van der Waals surface area contributed by atoms with Crippen molar-refractivity contribution < 1.29 is 18.6 Å². The van der Waals surface area contributed by atoms with Crippen LogP contribution < -0.4 is 20.1 Å². The predicted octanol–water partition coefficient (Wildman–Crippen LogP) is 3.91. The Morgan fingerprint density at radius 3 is 2.72 bits per heavy atom. The zero-order chi connectivity index (χ0) is 21.9. The van der Waals surface area contributed by atoms with E-state index in [1.165, 1.54) is 5.56 Å². The Labute approximate surface area is 208 Å². The molecule has 0 amide bonds. The molecule has 8 heteroatoms. The smallest absolute Gasteiger partial charge is 0.191 e. The van der Waals surface area contributed by atoms with Gasteiger partial charge in [-0.05, 0) is 48.6 Å². The molecule has 2 heterocycles. The topological polar surface area (TPSA) is 77.2 Å². The average molecular weight is 557 g/mol. The highest BCUT2D eigenvalue weighted by Gasteiger charge is 2.16. The third-order valence-corrected chi connectivity index (χ3v) is 5.42. The summed E-state index contributed by atoms with van der Waals surface area (Å²) < 4.78 is 21.7. The molecule has 1 aromatic heterocycles. The van der Waals surface area contributed by atoms with Crippen LogP contribution in [0.15, 0.2) is 46.0 Å². The van der Waals surface area contributed by atoms with Crippen molar-refractivity contribution in [1.82, 2.24) is 10.6 Å². The van der Waals surface area contributed by atoms with Crippen LogP contribution in [0.25, 0.3) is 0 Å². The van der Waals surface area contributed by atoms with Gasteiger partial charge in [0.25, 0.3) is 0 Å². The van der Waals surface area contributed by atoms with Crippen LogP contribution in [0.3, 0.4) is 0 Å². The number of benzene rings is 1. The molecule has 178 valence electrons. The van der Waals surface area contributed by atoms with E-state index in [1.54, 1.807) is 20.5 Å². The summed E-state index contributed by atoms with van der Waals surface area (Å²) in [5, 5.41) is 6.92. The molecule has 0 aliphatic carbocycles. The van der Waals surface area contributed by atoms with Crippen LogP contribution in [0.4, 0.5) is 0 Å². The largest absolute Gasteiger partial charge is 0.493 e. The first-order valence-corrected chi connectivity index (χ1v) is 11.0. The van der Waals surface area contributed by atoms with Gasteiger partial charge in [0.1, 0.15) is 5.76 Å². The highest BCUT2D eigenvalue weighted by molar-refractivity contribution is 14.0. The molecule has 2 atom stereocenters. The third kappa shape index (κ3) is 8.54. The summed E-state index contributed by atoms with van der Waals surface area (Å²) in [6.45, 7) is 6.26. The quantitative estimate of drug-likeness (QED) is 0.248. The number of halogens is 1. The second-order valence-electron chi connectivity index (χ2n) is 8.05. The SMILES string of the molecule is COc1ccc(CC(C)CN=C(NCCc2ccco2)NCC2CCOC2)cc1OC.I. The van der Waals surface area contributed by atoms with Gasteiger partial charge in [-0.15, -0.1) is 24.0 Å². The van der Waals surface area contributed by atoms with Crippen molar-refractivity contribution in [2.45, 2.75) is 26.2 Å². The number of nitrogens with zero attached hydrogens (tertiary/aromatic N) is 1. The number of aliphatic imine (C=N–C) groups is 1. The number of furan rings is 1. The van der Waals surface area contributed by atoms with Gasteiger partial charge in [0.15, 0.2) is 17.5 Å². The number of rotatable bonds is 11. The molecule has 1 aliphatic rings. The molecule has 3 rings (SSSR count). The number of hydrogen-bond acceptors (Lipinski definition) is 5. The van der Waals surface area contributed by atoms with Gasteiger partial charge >= 0.3 is 0 Å². The number of hydrogen-bond donors (Lipinski definition) is 2. The maximum absolute atomic E-state index is 5.49. The summed E-state index contributed by atoms with van der Waals surface area (Å²) in [5.41, 5.74) is 1.21. The van der Waals surface area contributed by atoms with Crippen molar-refractivity contribution in [2.75, 3.05) is 47.1 Å². The summed E-state index contributed by atoms with van der Waals surface area (Å²) in [6.07, 6.45) is 4.54. The van der Waals surface area contributed by atoms with Crippen LogP contribution in [-0.2, 0) is 17.6 Å². The standard InChI is InChI=1S/C24H35N3O4.HI/c1-18(13-19-6-7-22(28-2)23(14-19)29-3)15-26-24(27-16-20-9-12-30-17-20)25-10-8-21-5-4-11-31-21;/h4-7,11,14,18,20H,8-10,12-13,15-17H2,1-3H3,(H2,25,26,27);1H. The number of methoxy groups -OCH3 is 2. The van der Waals surface area contributed by atoms with E-state index in [0.717, 1.165) is 75.3 Å². The van der Waals surface area contributed by atoms with Crippen LogP contribution in [0.1, 0.15) is 24.7 Å². The van der Waals surface area contributed by atoms with Crippen molar-refractivity contribution in [3.05, 3.63) is 47.9 Å². The molecule has 0 saturated carbocycles. The molecule has 0 bridgehead atoms. The fourth-order valence-electron chi connectivity index (χ4n) is 3.64. The van der Waals surface area contributed by atoms with Crippen LogP contribution in [-0.4, -0.2) is 53.0 Å². The molecular formula is C24H36IN3O4. The predicted molar refractivity (Wildman–Crippen MR) is 137 cm³/mol. The molecule has 2 N–H and O–H groups in total. The molecule has 1 fully saturated rings. The monoisotopic (exact) mass is 557 g/mol. The van der Waals surface area contributed by atoms with Crippen LogP contribution in [0.5, 0.6) is 11.5 Å². The lowest BCUT2D eigenvalue weighted by atomic mass is 10.0. The van der Waals surface area contributed by atoms with Gasteiger partial charge in [0.05, 0.1) is 27.1 Å². The van der Waals surface area contributed by atoms with Crippen LogP contribution >= 0.6 is 24.0 Å². The van der Waals surface area contributed by atoms with Crippen LogP contribution in [0, 0.1) is 11.8 Å². The second-order valence-corrected chi connectivity index (χ2v) is 8.05. The first-order valence-electron chi connectivity index (χ1n) is 11.0. The van der Waals surface area contributed by atoms with Gasteiger partial charge in [0, 0.05) is 38.6 Å². The highest BCUT2D eigenvalue weighted by atomic mass is 127. The molecule has 0 radical (unpaired) electrons. The summed E-state index contributed by atoms with van der Waals surface area (Å²) in [5.74, 6) is 4.25. The Morgan fingerprint density at radius 2 is 2.03 bits per heavy atom. The first-order chi connectivity index (χ1) is 15.2. The Hall–Kier alpha value is -1.94. The number of ether oxygens (including phenoxy) is 3. The molecule has 7 nitrogen and oxygen atoms in total. The summed E-state index contributed by atoms with van der Waals surface area (Å²) in [6, 6.07) is 9.99. The fourth-order valence-corrected chi connectivity index (χ4v) is 3.64. The van der Waals surface area contributed by atoms with Gasteiger partial charge < -0.3 is 29.3 Å². The van der Waals surface area contributed by atoms with Gasteiger partial charge in [-0.2, -0.15) is 0 Å². The molecule has 0 spiro atoms. The van der Waals surface area contributed by atoms with E-state index in [9.17, 15) is 0 Å². The van der Waals surface area contributed by atoms with Crippen molar-refractivity contribution in [2.24, 2.45) is 16.8 Å². The van der Waals surface area contributed by atoms with Gasteiger partial charge in [-0.1, -0.05) is 13.0 Å². The summed E-state index contributed by atoms with van der Waals surface area (Å²) in [7, 11) is 3.32. The van der Waals surface area contributed by atoms with Crippen molar-refractivity contribution in [1.29, 1.82) is 0 Å². The van der Waals surface area contributed by atoms with Gasteiger partial charge in [0.2, 0.25) is 0 Å². The van der Waals surface area contributed by atoms with Gasteiger partial charge in [-0.3, -0.25) is 4.99 Å². The van der Waals surface area contributed by atoms with E-state index in [4.69, 9.17) is 23.6 Å². The lowest BCUT2D eigenvalue weighted by molar-refractivity contribution is 0.186. The van der Waals surface area contributed by atoms with E-state index in [1.807, 2.05) is 24.3 Å². The third-order valence-electron chi connectivity index (χ3n) is 5.42. The zero-order valence-corrected chi connectivity index (χ0v) is 21.6. The van der Waals surface area contributed by atoms with Crippen molar-refractivity contribution in [3.63, 3.8) is 0 Å². The van der Waals surface area contributed by atoms with E-state index in [2.05, 4.69) is 23.6 Å². The lowest BCUT2D eigenvalue weighted by Gasteiger charge is -2.16. The molecule has 2 unspecified atom stereocenters. The minimum atomic E-state index is 0. The van der Waals surface area contributed by atoms with Crippen LogP contribution in [0.2, 0.25) is 0 Å². The normalized spacial score (nSPS) is 16.8. The Kier molecular flexibility index (Phi) is 11.7. The Balaban J connectivity index is 0.00000363.